The van der Waals surface area contributed by atoms with Crippen molar-refractivity contribution in [2.24, 2.45) is 11.7 Å². The third-order valence-corrected chi connectivity index (χ3v) is 4.34. The average molecular weight is 341 g/mol. The predicted octanol–water partition coefficient (Wildman–Crippen LogP) is 1.49. The Bertz CT molecular complexity index is 530. The number of rotatable bonds is 10. The predicted molar refractivity (Wildman–Crippen MR) is 91.0 cm³/mol. The fraction of sp³-hybridized carbons (Fsp3) is 0.733. The van der Waals surface area contributed by atoms with Crippen molar-refractivity contribution in [1.82, 2.24) is 20.1 Å². The van der Waals surface area contributed by atoms with Gasteiger partial charge in [-0.05, 0) is 26.2 Å². The van der Waals surface area contributed by atoms with Gasteiger partial charge in [-0.15, -0.1) is 10.2 Å². The zero-order valence-corrected chi connectivity index (χ0v) is 15.2. The Kier molecular flexibility index (Phi) is 8.08. The number of primary amides is 1. The van der Waals surface area contributed by atoms with Crippen molar-refractivity contribution in [1.29, 1.82) is 0 Å². The summed E-state index contributed by atoms with van der Waals surface area (Å²) >= 11 is 1.26. The van der Waals surface area contributed by atoms with Crippen molar-refractivity contribution in [2.45, 2.75) is 64.7 Å². The molecule has 0 aliphatic carbocycles. The third kappa shape index (κ3) is 7.49. The maximum Gasteiger partial charge on any atom is 0.237 e. The van der Waals surface area contributed by atoms with E-state index in [4.69, 9.17) is 5.73 Å². The molecule has 0 saturated heterocycles. The van der Waals surface area contributed by atoms with Crippen molar-refractivity contribution in [3.63, 3.8) is 0 Å². The molecule has 1 unspecified atom stereocenters. The van der Waals surface area contributed by atoms with Gasteiger partial charge in [-0.25, -0.2) is 0 Å². The number of carbonyl (C=O) groups excluding carboxylic acids is 2. The molecule has 8 heteroatoms. The van der Waals surface area contributed by atoms with Crippen LogP contribution in [0.4, 0.5) is 0 Å². The van der Waals surface area contributed by atoms with Gasteiger partial charge >= 0.3 is 0 Å². The maximum atomic E-state index is 12.0. The van der Waals surface area contributed by atoms with Crippen LogP contribution in [0.2, 0.25) is 0 Å². The number of aryl methyl sites for hydroxylation is 1. The van der Waals surface area contributed by atoms with E-state index in [-0.39, 0.29) is 24.2 Å². The Balaban J connectivity index is 2.40. The number of amides is 2. The fourth-order valence-electron chi connectivity index (χ4n) is 2.16. The summed E-state index contributed by atoms with van der Waals surface area (Å²) in [5, 5.41) is 11.4. The standard InChI is InChI=1S/C15H27N5O2S/c1-10(2)6-5-7-11(3)17-14(22)9-23-15-19-18-12(4)20(15)8-13(16)21/h10-11H,5-9H2,1-4H3,(H2,16,21)(H,17,22). The molecule has 2 amide bonds. The average Bonchev–Trinajstić information content (AvgIpc) is 2.76. The molecule has 130 valence electrons. The molecule has 0 bridgehead atoms. The number of hydrogen-bond acceptors (Lipinski definition) is 5. The first kappa shape index (κ1) is 19.5. The van der Waals surface area contributed by atoms with E-state index >= 15 is 0 Å². The zero-order chi connectivity index (χ0) is 17.4. The van der Waals surface area contributed by atoms with E-state index in [0.717, 1.165) is 12.8 Å². The summed E-state index contributed by atoms with van der Waals surface area (Å²) in [4.78, 5) is 23.0. The lowest BCUT2D eigenvalue weighted by Gasteiger charge is -2.14. The highest BCUT2D eigenvalue weighted by Crippen LogP contribution is 2.16. The van der Waals surface area contributed by atoms with Crippen LogP contribution in [-0.4, -0.2) is 38.4 Å². The molecule has 0 saturated carbocycles. The smallest absolute Gasteiger partial charge is 0.237 e. The Labute approximate surface area is 141 Å². The van der Waals surface area contributed by atoms with E-state index in [0.29, 0.717) is 16.9 Å². The highest BCUT2D eigenvalue weighted by atomic mass is 32.2. The van der Waals surface area contributed by atoms with Crippen LogP contribution in [0.5, 0.6) is 0 Å². The van der Waals surface area contributed by atoms with Crippen LogP contribution in [0.15, 0.2) is 5.16 Å². The second-order valence-electron chi connectivity index (χ2n) is 6.16. The molecular weight excluding hydrogens is 314 g/mol. The molecule has 1 heterocycles. The largest absolute Gasteiger partial charge is 0.368 e. The van der Waals surface area contributed by atoms with Gasteiger partial charge in [0.15, 0.2) is 5.16 Å². The van der Waals surface area contributed by atoms with Gasteiger partial charge in [0.2, 0.25) is 11.8 Å². The van der Waals surface area contributed by atoms with Gasteiger partial charge in [-0.2, -0.15) is 0 Å². The number of carbonyl (C=O) groups is 2. The van der Waals surface area contributed by atoms with E-state index < -0.39 is 5.91 Å². The Morgan fingerprint density at radius 1 is 1.26 bits per heavy atom. The van der Waals surface area contributed by atoms with Crippen LogP contribution in [0.1, 0.15) is 45.9 Å². The summed E-state index contributed by atoms with van der Waals surface area (Å²) in [7, 11) is 0. The van der Waals surface area contributed by atoms with Crippen LogP contribution in [0.25, 0.3) is 0 Å². The summed E-state index contributed by atoms with van der Waals surface area (Å²) in [6, 6.07) is 0.159. The molecule has 0 radical (unpaired) electrons. The lowest BCUT2D eigenvalue weighted by Crippen LogP contribution is -2.34. The van der Waals surface area contributed by atoms with E-state index in [1.54, 1.807) is 11.5 Å². The van der Waals surface area contributed by atoms with Gasteiger partial charge in [0.25, 0.3) is 0 Å². The van der Waals surface area contributed by atoms with Gasteiger partial charge in [-0.1, -0.05) is 38.5 Å². The molecule has 0 aromatic carbocycles. The van der Waals surface area contributed by atoms with Crippen LogP contribution in [-0.2, 0) is 16.1 Å². The Hall–Kier alpha value is -1.57. The summed E-state index contributed by atoms with van der Waals surface area (Å²) < 4.78 is 1.62. The molecule has 1 aromatic heterocycles. The summed E-state index contributed by atoms with van der Waals surface area (Å²) in [5.41, 5.74) is 5.21. The summed E-state index contributed by atoms with van der Waals surface area (Å²) in [5.74, 6) is 1.03. The van der Waals surface area contributed by atoms with Crippen molar-refractivity contribution in [3.05, 3.63) is 5.82 Å². The second kappa shape index (κ2) is 9.54. The number of hydrogen-bond donors (Lipinski definition) is 2. The third-order valence-electron chi connectivity index (χ3n) is 3.37. The summed E-state index contributed by atoms with van der Waals surface area (Å²) in [6.45, 7) is 8.18. The molecule has 1 atom stereocenters. The minimum Gasteiger partial charge on any atom is -0.368 e. The van der Waals surface area contributed by atoms with E-state index in [1.165, 1.54) is 18.2 Å². The van der Waals surface area contributed by atoms with E-state index in [2.05, 4.69) is 29.4 Å². The molecule has 1 aromatic rings. The minimum absolute atomic E-state index is 0.0222. The van der Waals surface area contributed by atoms with Crippen LogP contribution < -0.4 is 11.1 Å². The molecule has 0 aliphatic heterocycles. The highest BCUT2D eigenvalue weighted by Gasteiger charge is 2.14. The van der Waals surface area contributed by atoms with Crippen molar-refractivity contribution >= 4 is 23.6 Å². The van der Waals surface area contributed by atoms with Crippen LogP contribution in [0.3, 0.4) is 0 Å². The molecule has 3 N–H and O–H groups in total. The number of nitrogens with two attached hydrogens (primary N) is 1. The zero-order valence-electron chi connectivity index (χ0n) is 14.3. The van der Waals surface area contributed by atoms with Gasteiger partial charge in [-0.3, -0.25) is 14.2 Å². The van der Waals surface area contributed by atoms with Gasteiger partial charge < -0.3 is 11.1 Å². The van der Waals surface area contributed by atoms with Gasteiger partial charge in [0.05, 0.1) is 5.75 Å². The lowest BCUT2D eigenvalue weighted by atomic mass is 10.0. The first-order valence-electron chi connectivity index (χ1n) is 7.89. The monoisotopic (exact) mass is 341 g/mol. The topological polar surface area (TPSA) is 103 Å². The Morgan fingerprint density at radius 2 is 1.96 bits per heavy atom. The van der Waals surface area contributed by atoms with E-state index in [9.17, 15) is 9.59 Å². The molecule has 0 aliphatic rings. The molecule has 1 rings (SSSR count). The number of aromatic nitrogens is 3. The van der Waals surface area contributed by atoms with E-state index in [1.807, 2.05) is 6.92 Å². The van der Waals surface area contributed by atoms with Crippen molar-refractivity contribution in [3.8, 4) is 0 Å². The number of thioether (sulfide) groups is 1. The minimum atomic E-state index is -0.460. The normalized spacial score (nSPS) is 12.4. The summed E-state index contributed by atoms with van der Waals surface area (Å²) in [6.07, 6.45) is 3.26. The van der Waals surface area contributed by atoms with Gasteiger partial charge in [0.1, 0.15) is 12.4 Å². The first-order chi connectivity index (χ1) is 10.8. The van der Waals surface area contributed by atoms with Crippen molar-refractivity contribution in [2.75, 3.05) is 5.75 Å². The quantitative estimate of drug-likeness (QED) is 0.628. The van der Waals surface area contributed by atoms with Crippen LogP contribution in [0, 0.1) is 12.8 Å². The molecule has 0 spiro atoms. The molecular formula is C15H27N5O2S. The molecule has 0 fully saturated rings. The molecule has 23 heavy (non-hydrogen) atoms. The second-order valence-corrected chi connectivity index (χ2v) is 7.11. The fourth-order valence-corrected chi connectivity index (χ4v) is 2.95. The highest BCUT2D eigenvalue weighted by molar-refractivity contribution is 7.99. The first-order valence-corrected chi connectivity index (χ1v) is 8.88. The lowest BCUT2D eigenvalue weighted by molar-refractivity contribution is -0.119. The van der Waals surface area contributed by atoms with Gasteiger partial charge in [0, 0.05) is 6.04 Å². The van der Waals surface area contributed by atoms with Crippen molar-refractivity contribution < 1.29 is 9.59 Å². The van der Waals surface area contributed by atoms with Crippen LogP contribution >= 0.6 is 11.8 Å². The molecule has 7 nitrogen and oxygen atoms in total. The maximum absolute atomic E-state index is 12.0. The SMILES string of the molecule is Cc1nnc(SCC(=O)NC(C)CCCC(C)C)n1CC(N)=O. The Morgan fingerprint density at radius 3 is 2.57 bits per heavy atom. The number of nitrogens with one attached hydrogen (secondary N) is 1. The number of nitrogens with zero attached hydrogens (tertiary/aromatic N) is 3.